The maximum Gasteiger partial charge on any atom is 0.207 e. The van der Waals surface area contributed by atoms with E-state index in [1.807, 2.05) is 0 Å². The molecule has 0 bridgehead atoms. The molecule has 0 aromatic heterocycles. The van der Waals surface area contributed by atoms with Crippen LogP contribution in [-0.4, -0.2) is 8.42 Å². The summed E-state index contributed by atoms with van der Waals surface area (Å²) in [5.74, 6) is 0. The molecule has 6 nitrogen and oxygen atoms in total. The van der Waals surface area contributed by atoms with Crippen molar-refractivity contribution in [1.29, 1.82) is 21.0 Å². The molecule has 0 radical (unpaired) electrons. The lowest BCUT2D eigenvalue weighted by Crippen LogP contribution is -1.98. The van der Waals surface area contributed by atoms with Gasteiger partial charge in [0.05, 0.1) is 20.9 Å². The van der Waals surface area contributed by atoms with Crippen LogP contribution in [-0.2, 0) is 9.84 Å². The second-order valence-electron chi connectivity index (χ2n) is 4.25. The average Bonchev–Trinajstić information content (AvgIpc) is 2.74. The molecular formula is C15H6N4O2S. The van der Waals surface area contributed by atoms with Crippen LogP contribution < -0.4 is 0 Å². The topological polar surface area (TPSA) is 129 Å². The summed E-state index contributed by atoms with van der Waals surface area (Å²) in [6, 6.07) is 9.24. The van der Waals surface area contributed by atoms with E-state index >= 15 is 0 Å². The van der Waals surface area contributed by atoms with Crippen molar-refractivity contribution in [3.05, 3.63) is 45.4 Å². The van der Waals surface area contributed by atoms with E-state index in [2.05, 4.69) is 0 Å². The molecule has 0 saturated carbocycles. The second kappa shape index (κ2) is 5.19. The predicted molar refractivity (Wildman–Crippen MR) is 75.0 cm³/mol. The summed E-state index contributed by atoms with van der Waals surface area (Å²) in [5.41, 5.74) is -0.368. The minimum absolute atomic E-state index is 0.0125. The van der Waals surface area contributed by atoms with Crippen LogP contribution in [0.3, 0.4) is 0 Å². The van der Waals surface area contributed by atoms with Crippen molar-refractivity contribution < 1.29 is 8.42 Å². The fourth-order valence-corrected chi connectivity index (χ4v) is 4.01. The highest BCUT2D eigenvalue weighted by Crippen LogP contribution is 2.45. The number of sulfone groups is 1. The summed E-state index contributed by atoms with van der Waals surface area (Å²) >= 11 is 0. The molecule has 2 rings (SSSR count). The van der Waals surface area contributed by atoms with Gasteiger partial charge in [-0.1, -0.05) is 6.08 Å². The Morgan fingerprint density at radius 3 is 2.05 bits per heavy atom. The third-order valence-electron chi connectivity index (χ3n) is 3.19. The summed E-state index contributed by atoms with van der Waals surface area (Å²) in [6.07, 6.45) is 1.29. The number of benzene rings is 1. The summed E-state index contributed by atoms with van der Waals surface area (Å²) in [4.78, 5) is -0.339. The molecule has 1 heterocycles. The highest BCUT2D eigenvalue weighted by Gasteiger charge is 2.38. The number of nitriles is 4. The van der Waals surface area contributed by atoms with Gasteiger partial charge in [0.1, 0.15) is 29.8 Å². The molecule has 0 spiro atoms. The van der Waals surface area contributed by atoms with Crippen LogP contribution in [0.4, 0.5) is 0 Å². The zero-order valence-corrected chi connectivity index (χ0v) is 12.1. The first-order chi connectivity index (χ1) is 10.5. The maximum absolute atomic E-state index is 12.5. The van der Waals surface area contributed by atoms with Crippen molar-refractivity contribution in [3.63, 3.8) is 0 Å². The Bertz CT molecular complexity index is 1020. The number of hydrogen-bond acceptors (Lipinski definition) is 6. The number of nitrogens with zero attached hydrogens (tertiary/aromatic N) is 4. The summed E-state index contributed by atoms with van der Waals surface area (Å²) in [5, 5.41) is 36.2. The van der Waals surface area contributed by atoms with Gasteiger partial charge in [-0.25, -0.2) is 8.42 Å². The second-order valence-corrected chi connectivity index (χ2v) is 6.13. The molecule has 0 atom stereocenters. The van der Waals surface area contributed by atoms with Gasteiger partial charge in [-0.05, 0) is 19.1 Å². The first-order valence-corrected chi connectivity index (χ1v) is 7.39. The number of fused-ring (bicyclic) bond motifs is 1. The zero-order valence-electron chi connectivity index (χ0n) is 11.2. The van der Waals surface area contributed by atoms with Crippen LogP contribution in [0.5, 0.6) is 0 Å². The SMILES string of the molecule is C/C=C1/C(=C(C#N)C#N)c2cc(C#N)c(C#N)cc2S1(=O)=O. The highest BCUT2D eigenvalue weighted by molar-refractivity contribution is 7.96. The molecule has 0 amide bonds. The molecule has 1 aromatic carbocycles. The molecule has 0 aliphatic carbocycles. The molecule has 104 valence electrons. The monoisotopic (exact) mass is 306 g/mol. The quantitative estimate of drug-likeness (QED) is 0.673. The maximum atomic E-state index is 12.5. The van der Waals surface area contributed by atoms with E-state index in [4.69, 9.17) is 21.0 Å². The van der Waals surface area contributed by atoms with E-state index < -0.39 is 9.84 Å². The standard InChI is InChI=1S/C15H6N4O2S/c1-2-13-15(11(7-18)8-19)12-3-9(5-16)10(6-17)4-14(12)22(13,20)21/h2-4H,1H3/b13-2-. The van der Waals surface area contributed by atoms with Gasteiger partial charge in [-0.3, -0.25) is 0 Å². The number of rotatable bonds is 0. The summed E-state index contributed by atoms with van der Waals surface area (Å²) in [7, 11) is -3.93. The van der Waals surface area contributed by atoms with Crippen LogP contribution in [0.2, 0.25) is 0 Å². The van der Waals surface area contributed by atoms with E-state index in [-0.39, 0.29) is 37.6 Å². The normalized spacial score (nSPS) is 16.0. The van der Waals surface area contributed by atoms with Crippen LogP contribution in [0, 0.1) is 45.3 Å². The minimum Gasteiger partial charge on any atom is -0.218 e. The lowest BCUT2D eigenvalue weighted by Gasteiger charge is -2.01. The third kappa shape index (κ3) is 1.86. The van der Waals surface area contributed by atoms with Crippen molar-refractivity contribution in [2.24, 2.45) is 0 Å². The van der Waals surface area contributed by atoms with Crippen molar-refractivity contribution >= 4 is 15.4 Å². The molecule has 22 heavy (non-hydrogen) atoms. The molecule has 1 aromatic rings. The number of hydrogen-bond donors (Lipinski definition) is 0. The van der Waals surface area contributed by atoms with E-state index in [0.717, 1.165) is 6.07 Å². The fraction of sp³-hybridized carbons (Fsp3) is 0.0667. The summed E-state index contributed by atoms with van der Waals surface area (Å²) in [6.45, 7) is 1.47. The fourth-order valence-electron chi connectivity index (χ4n) is 2.26. The third-order valence-corrected chi connectivity index (χ3v) is 5.13. The Balaban J connectivity index is 3.09. The summed E-state index contributed by atoms with van der Waals surface area (Å²) < 4.78 is 25.0. The molecule has 0 N–H and O–H groups in total. The smallest absolute Gasteiger partial charge is 0.207 e. The molecule has 0 unspecified atom stereocenters. The first kappa shape index (κ1) is 15.0. The molecular weight excluding hydrogens is 300 g/mol. The Kier molecular flexibility index (Phi) is 3.54. The lowest BCUT2D eigenvalue weighted by atomic mass is 9.96. The van der Waals surface area contributed by atoms with Gasteiger partial charge in [0.2, 0.25) is 9.84 Å². The van der Waals surface area contributed by atoms with Crippen LogP contribution in [0.15, 0.2) is 33.6 Å². The van der Waals surface area contributed by atoms with Crippen LogP contribution >= 0.6 is 0 Å². The van der Waals surface area contributed by atoms with Gasteiger partial charge in [-0.2, -0.15) is 21.0 Å². The van der Waals surface area contributed by atoms with E-state index in [0.29, 0.717) is 0 Å². The largest absolute Gasteiger partial charge is 0.218 e. The molecule has 1 aliphatic rings. The molecule has 0 fully saturated rings. The number of allylic oxidation sites excluding steroid dienone is 3. The first-order valence-electron chi connectivity index (χ1n) is 5.91. The van der Waals surface area contributed by atoms with Gasteiger partial charge >= 0.3 is 0 Å². The van der Waals surface area contributed by atoms with Gasteiger partial charge < -0.3 is 0 Å². The van der Waals surface area contributed by atoms with E-state index in [1.165, 1.54) is 19.1 Å². The molecule has 7 heteroatoms. The Morgan fingerprint density at radius 2 is 1.59 bits per heavy atom. The Hall–Kier alpha value is -3.39. The highest BCUT2D eigenvalue weighted by atomic mass is 32.2. The van der Waals surface area contributed by atoms with E-state index in [1.54, 1.807) is 24.3 Å². The van der Waals surface area contributed by atoms with E-state index in [9.17, 15) is 8.42 Å². The zero-order chi connectivity index (χ0) is 16.5. The van der Waals surface area contributed by atoms with Crippen molar-refractivity contribution in [3.8, 4) is 24.3 Å². The van der Waals surface area contributed by atoms with Gasteiger partial charge in [0.25, 0.3) is 0 Å². The molecule has 0 saturated heterocycles. The predicted octanol–water partition coefficient (Wildman–Crippen LogP) is 1.92. The Labute approximate surface area is 127 Å². The van der Waals surface area contributed by atoms with Crippen molar-refractivity contribution in [2.45, 2.75) is 11.8 Å². The van der Waals surface area contributed by atoms with Crippen molar-refractivity contribution in [2.75, 3.05) is 0 Å². The Morgan fingerprint density at radius 1 is 1.05 bits per heavy atom. The molecule has 1 aliphatic heterocycles. The van der Waals surface area contributed by atoms with Gasteiger partial charge in [0.15, 0.2) is 0 Å². The van der Waals surface area contributed by atoms with Crippen LogP contribution in [0.25, 0.3) is 5.57 Å². The van der Waals surface area contributed by atoms with Gasteiger partial charge in [0, 0.05) is 11.1 Å². The van der Waals surface area contributed by atoms with Gasteiger partial charge in [-0.15, -0.1) is 0 Å². The van der Waals surface area contributed by atoms with Crippen molar-refractivity contribution in [1.82, 2.24) is 0 Å². The lowest BCUT2D eigenvalue weighted by molar-refractivity contribution is 0.604. The van der Waals surface area contributed by atoms with Crippen LogP contribution in [0.1, 0.15) is 23.6 Å². The minimum atomic E-state index is -3.93. The average molecular weight is 306 g/mol.